The third-order valence-electron chi connectivity index (χ3n) is 1.40. The van der Waals surface area contributed by atoms with Crippen LogP contribution in [0.5, 0.6) is 0 Å². The van der Waals surface area contributed by atoms with Crippen LogP contribution in [-0.4, -0.2) is 31.2 Å². The number of methoxy groups -OCH3 is 1. The van der Waals surface area contributed by atoms with E-state index in [4.69, 9.17) is 0 Å². The van der Waals surface area contributed by atoms with E-state index in [9.17, 15) is 24.6 Å². The van der Waals surface area contributed by atoms with Crippen molar-refractivity contribution < 1.29 is 29.3 Å². The first-order chi connectivity index (χ1) is 6.47. The summed E-state index contributed by atoms with van der Waals surface area (Å²) < 4.78 is 4.13. The molecule has 0 aromatic rings. The van der Waals surface area contributed by atoms with E-state index in [2.05, 4.69) is 4.74 Å². The largest absolute Gasteiger partial charge is 0.550 e. The molecule has 0 aliphatic carbocycles. The average molecular weight is 203 g/mol. The Balaban J connectivity index is 4.09. The predicted octanol–water partition coefficient (Wildman–Crippen LogP) is -3.01. The van der Waals surface area contributed by atoms with Gasteiger partial charge in [-0.3, -0.25) is 0 Å². The molecule has 1 atom stereocenters. The number of carbonyl (C=O) groups is 3. The molecule has 0 heterocycles. The van der Waals surface area contributed by atoms with Crippen LogP contribution >= 0.6 is 0 Å². The molecule has 7 nitrogen and oxygen atoms in total. The highest BCUT2D eigenvalue weighted by Gasteiger charge is 2.12. The van der Waals surface area contributed by atoms with Gasteiger partial charge in [0.1, 0.15) is 0 Å². The van der Waals surface area contributed by atoms with E-state index in [0.29, 0.717) is 0 Å². The van der Waals surface area contributed by atoms with E-state index in [-0.39, 0.29) is 6.42 Å². The summed E-state index contributed by atoms with van der Waals surface area (Å²) in [5, 5.41) is 22.3. The molecular weight excluding hydrogens is 194 g/mol. The normalized spacial score (nSPS) is 11.5. The number of ether oxygens (including phenoxy) is 1. The summed E-state index contributed by atoms with van der Waals surface area (Å²) >= 11 is 0. The summed E-state index contributed by atoms with van der Waals surface area (Å²) in [6, 6.07) is -1.39. The van der Waals surface area contributed by atoms with Gasteiger partial charge in [0, 0.05) is 5.97 Å². The van der Waals surface area contributed by atoms with Crippen LogP contribution in [0.25, 0.3) is 0 Å². The van der Waals surface area contributed by atoms with Crippen LogP contribution in [-0.2, 0) is 14.3 Å². The van der Waals surface area contributed by atoms with Crippen molar-refractivity contribution in [3.8, 4) is 0 Å². The molecule has 1 N–H and O–H groups in total. The molecule has 0 saturated carbocycles. The van der Waals surface area contributed by atoms with Crippen molar-refractivity contribution in [3.63, 3.8) is 0 Å². The maximum absolute atomic E-state index is 10.6. The number of amides is 1. The summed E-state index contributed by atoms with van der Waals surface area (Å²) in [5.74, 6) is -2.97. The standard InChI is InChI=1S/C7H11NO6/c1-14-7(13)8-4(6(11)12)2-3-5(9)10/h4H,2-3H2,1H3,(H,8,13)(H,9,10)(H,11,12)/p-2. The molecule has 0 fully saturated rings. The monoisotopic (exact) mass is 203 g/mol. The van der Waals surface area contributed by atoms with Gasteiger partial charge < -0.3 is 29.9 Å². The van der Waals surface area contributed by atoms with Gasteiger partial charge in [0.25, 0.3) is 0 Å². The van der Waals surface area contributed by atoms with Crippen molar-refractivity contribution in [2.24, 2.45) is 0 Å². The first kappa shape index (κ1) is 12.2. The summed E-state index contributed by atoms with van der Waals surface area (Å²) in [7, 11) is 1.06. The minimum Gasteiger partial charge on any atom is -0.550 e. The van der Waals surface area contributed by atoms with Crippen LogP contribution in [0.1, 0.15) is 12.8 Å². The Morgan fingerprint density at radius 1 is 1.36 bits per heavy atom. The van der Waals surface area contributed by atoms with Gasteiger partial charge in [-0.1, -0.05) is 0 Å². The molecular formula is C7H9NO6-2. The fraction of sp³-hybridized carbons (Fsp3) is 0.571. The van der Waals surface area contributed by atoms with Gasteiger partial charge in [0.05, 0.1) is 19.1 Å². The van der Waals surface area contributed by atoms with E-state index < -0.39 is 30.5 Å². The number of carboxylic acid groups (broad SMARTS) is 2. The molecule has 0 bridgehead atoms. The Hall–Kier alpha value is -1.79. The number of hydrogen-bond acceptors (Lipinski definition) is 6. The summed E-state index contributed by atoms with van der Waals surface area (Å²) in [6.45, 7) is 0. The van der Waals surface area contributed by atoms with Crippen LogP contribution in [0.3, 0.4) is 0 Å². The zero-order valence-corrected chi connectivity index (χ0v) is 7.44. The summed E-state index contributed by atoms with van der Waals surface area (Å²) in [4.78, 5) is 31.0. The van der Waals surface area contributed by atoms with Gasteiger partial charge in [-0.15, -0.1) is 0 Å². The molecule has 0 saturated heterocycles. The Kier molecular flexibility index (Phi) is 5.05. The van der Waals surface area contributed by atoms with Crippen LogP contribution in [0.15, 0.2) is 0 Å². The van der Waals surface area contributed by atoms with Crippen molar-refractivity contribution in [2.75, 3.05) is 7.11 Å². The predicted molar refractivity (Wildman–Crippen MR) is 38.6 cm³/mol. The Labute approximate surface area is 79.7 Å². The smallest absolute Gasteiger partial charge is 0.407 e. The van der Waals surface area contributed by atoms with Crippen molar-refractivity contribution in [3.05, 3.63) is 0 Å². The zero-order valence-electron chi connectivity index (χ0n) is 7.44. The van der Waals surface area contributed by atoms with Crippen LogP contribution in [0.4, 0.5) is 4.79 Å². The van der Waals surface area contributed by atoms with E-state index in [1.54, 1.807) is 0 Å². The molecule has 0 rings (SSSR count). The molecule has 0 spiro atoms. The summed E-state index contributed by atoms with van der Waals surface area (Å²) in [5.41, 5.74) is 0. The highest BCUT2D eigenvalue weighted by molar-refractivity contribution is 5.79. The third kappa shape index (κ3) is 4.96. The first-order valence-electron chi connectivity index (χ1n) is 3.72. The summed E-state index contributed by atoms with van der Waals surface area (Å²) in [6.07, 6.45) is -1.75. The van der Waals surface area contributed by atoms with E-state index >= 15 is 0 Å². The molecule has 1 unspecified atom stereocenters. The van der Waals surface area contributed by atoms with E-state index in [1.807, 2.05) is 5.32 Å². The molecule has 1 amide bonds. The number of nitrogens with one attached hydrogen (secondary N) is 1. The van der Waals surface area contributed by atoms with Crippen LogP contribution < -0.4 is 15.5 Å². The molecule has 0 radical (unpaired) electrons. The minimum atomic E-state index is -1.57. The fourth-order valence-corrected chi connectivity index (χ4v) is 0.712. The van der Waals surface area contributed by atoms with Crippen LogP contribution in [0, 0.1) is 0 Å². The molecule has 0 aliphatic heterocycles. The van der Waals surface area contributed by atoms with Gasteiger partial charge in [-0.05, 0) is 12.8 Å². The second kappa shape index (κ2) is 5.79. The van der Waals surface area contributed by atoms with Crippen molar-refractivity contribution >= 4 is 18.0 Å². The molecule has 14 heavy (non-hydrogen) atoms. The second-order valence-electron chi connectivity index (χ2n) is 2.42. The van der Waals surface area contributed by atoms with Gasteiger partial charge >= 0.3 is 6.09 Å². The maximum Gasteiger partial charge on any atom is 0.407 e. The first-order valence-corrected chi connectivity index (χ1v) is 3.72. The van der Waals surface area contributed by atoms with Gasteiger partial charge in [0.2, 0.25) is 0 Å². The Bertz CT molecular complexity index is 238. The second-order valence-corrected chi connectivity index (χ2v) is 2.42. The Morgan fingerprint density at radius 2 is 1.93 bits per heavy atom. The zero-order chi connectivity index (χ0) is 11.1. The number of hydrogen-bond donors (Lipinski definition) is 1. The van der Waals surface area contributed by atoms with Gasteiger partial charge in [-0.2, -0.15) is 0 Å². The molecule has 7 heteroatoms. The molecule has 0 aromatic carbocycles. The van der Waals surface area contributed by atoms with Crippen molar-refractivity contribution in [1.82, 2.24) is 5.32 Å². The Morgan fingerprint density at radius 3 is 2.29 bits per heavy atom. The lowest BCUT2D eigenvalue weighted by molar-refractivity contribution is -0.309. The maximum atomic E-state index is 10.6. The average Bonchev–Trinajstić information content (AvgIpc) is 2.10. The van der Waals surface area contributed by atoms with Crippen molar-refractivity contribution in [1.29, 1.82) is 0 Å². The topological polar surface area (TPSA) is 119 Å². The number of alkyl carbamates (subject to hydrolysis) is 1. The van der Waals surface area contributed by atoms with E-state index in [1.165, 1.54) is 0 Å². The fourth-order valence-electron chi connectivity index (χ4n) is 0.712. The lowest BCUT2D eigenvalue weighted by atomic mass is 10.1. The minimum absolute atomic E-state index is 0.306. The van der Waals surface area contributed by atoms with E-state index in [0.717, 1.165) is 7.11 Å². The highest BCUT2D eigenvalue weighted by atomic mass is 16.5. The number of carbonyl (C=O) groups excluding carboxylic acids is 3. The molecule has 0 aliphatic rings. The molecule has 0 aromatic heterocycles. The SMILES string of the molecule is COC(=O)NC(CCC(=O)[O-])C(=O)[O-]. The van der Waals surface area contributed by atoms with Crippen LogP contribution in [0.2, 0.25) is 0 Å². The number of carboxylic acids is 2. The van der Waals surface area contributed by atoms with Gasteiger partial charge in [-0.25, -0.2) is 4.79 Å². The quantitative estimate of drug-likeness (QED) is 0.508. The highest BCUT2D eigenvalue weighted by Crippen LogP contribution is 1.96. The molecule has 80 valence electrons. The van der Waals surface area contributed by atoms with Crippen molar-refractivity contribution in [2.45, 2.75) is 18.9 Å². The number of rotatable bonds is 5. The lowest BCUT2D eigenvalue weighted by Crippen LogP contribution is -2.48. The lowest BCUT2D eigenvalue weighted by Gasteiger charge is -2.18. The van der Waals surface area contributed by atoms with Gasteiger partial charge in [0.15, 0.2) is 0 Å². The third-order valence-corrected chi connectivity index (χ3v) is 1.40. The number of aliphatic carboxylic acids is 2.